The quantitative estimate of drug-likeness (QED) is 0.0834. The van der Waals surface area contributed by atoms with E-state index in [0.29, 0.717) is 25.3 Å². The molecular formula is C44H62IN3O2. The lowest BCUT2D eigenvalue weighted by atomic mass is 9.67. The second-order valence-electron chi connectivity index (χ2n) is 15.1. The SMILES string of the molecule is CC[N+]1(CC2CCCCCCC2)CCCC(CNC(=O)CCCCCNC(=O)CC(c2ccccc2)(c2ccccc2)c2ccccc2)C1.[I-]. The number of rotatable bonds is 16. The first-order chi connectivity index (χ1) is 24.0. The van der Waals surface area contributed by atoms with Crippen molar-refractivity contribution in [3.8, 4) is 0 Å². The Labute approximate surface area is 320 Å². The standard InChI is InChI=1S/C44H61N3O2.HI/c1-2-47(35-37-21-10-4-3-5-11-22-37)32-20-23-38(36-47)34-46-42(48)30-18-9-19-31-45-43(49)33-44(39-24-12-6-13-25-39,40-26-14-7-15-27-40)41-28-16-8-17-29-41;/h6-8,12-17,24-29,37-38H,2-5,9-11,18-23,30-36H2,1H3,(H-,45,46,48,49);1H. The zero-order valence-corrected chi connectivity index (χ0v) is 32.8. The summed E-state index contributed by atoms with van der Waals surface area (Å²) in [6.45, 7) is 8.96. The minimum atomic E-state index is -0.589. The van der Waals surface area contributed by atoms with Gasteiger partial charge in [-0.25, -0.2) is 0 Å². The smallest absolute Gasteiger partial charge is 0.221 e. The molecule has 5 nitrogen and oxygen atoms in total. The molecule has 1 aliphatic heterocycles. The van der Waals surface area contributed by atoms with Crippen molar-refractivity contribution in [2.24, 2.45) is 11.8 Å². The number of carbonyl (C=O) groups excluding carboxylic acids is 2. The molecule has 1 heterocycles. The Bertz CT molecular complexity index is 1300. The average molecular weight is 792 g/mol. The lowest BCUT2D eigenvalue weighted by molar-refractivity contribution is -0.937. The minimum Gasteiger partial charge on any atom is -1.00 e. The van der Waals surface area contributed by atoms with Crippen molar-refractivity contribution in [2.75, 3.05) is 39.3 Å². The van der Waals surface area contributed by atoms with Crippen LogP contribution in [0, 0.1) is 11.8 Å². The number of nitrogens with one attached hydrogen (secondary N) is 2. The molecule has 0 radical (unpaired) electrons. The molecule has 0 aromatic heterocycles. The van der Waals surface area contributed by atoms with Crippen molar-refractivity contribution in [1.29, 1.82) is 0 Å². The molecule has 3 aromatic carbocycles. The number of halogens is 1. The largest absolute Gasteiger partial charge is 1.00 e. The topological polar surface area (TPSA) is 58.2 Å². The third-order valence-corrected chi connectivity index (χ3v) is 11.6. The third kappa shape index (κ3) is 11.4. The molecule has 272 valence electrons. The van der Waals surface area contributed by atoms with E-state index in [2.05, 4.69) is 90.4 Å². The molecule has 1 aliphatic carbocycles. The van der Waals surface area contributed by atoms with E-state index >= 15 is 0 Å². The van der Waals surface area contributed by atoms with Crippen LogP contribution in [0.5, 0.6) is 0 Å². The number of amides is 2. The number of nitrogens with zero attached hydrogens (tertiary/aromatic N) is 1. The van der Waals surface area contributed by atoms with E-state index in [1.165, 1.54) is 88.4 Å². The number of carbonyl (C=O) groups is 2. The number of benzene rings is 3. The Morgan fingerprint density at radius 3 is 1.76 bits per heavy atom. The van der Waals surface area contributed by atoms with E-state index in [1.54, 1.807) is 0 Å². The van der Waals surface area contributed by atoms with E-state index in [-0.39, 0.29) is 35.8 Å². The van der Waals surface area contributed by atoms with Gasteiger partial charge < -0.3 is 39.1 Å². The van der Waals surface area contributed by atoms with Gasteiger partial charge in [-0.05, 0) is 62.1 Å². The van der Waals surface area contributed by atoms with Crippen LogP contribution in [-0.2, 0) is 15.0 Å². The van der Waals surface area contributed by atoms with Crippen molar-refractivity contribution < 1.29 is 38.0 Å². The maximum Gasteiger partial charge on any atom is 0.221 e. The Morgan fingerprint density at radius 1 is 0.660 bits per heavy atom. The predicted octanol–water partition coefficient (Wildman–Crippen LogP) is 5.82. The summed E-state index contributed by atoms with van der Waals surface area (Å²) in [5.41, 5.74) is 2.73. The van der Waals surface area contributed by atoms with Crippen LogP contribution in [0.3, 0.4) is 0 Å². The van der Waals surface area contributed by atoms with E-state index in [1.807, 2.05) is 18.2 Å². The molecule has 1 saturated heterocycles. The van der Waals surface area contributed by atoms with Crippen molar-refractivity contribution >= 4 is 11.8 Å². The molecule has 2 N–H and O–H groups in total. The van der Waals surface area contributed by atoms with Gasteiger partial charge in [0.05, 0.1) is 31.6 Å². The maximum absolute atomic E-state index is 13.6. The molecule has 2 amide bonds. The molecule has 2 atom stereocenters. The van der Waals surface area contributed by atoms with E-state index in [0.717, 1.165) is 48.4 Å². The van der Waals surface area contributed by atoms with Gasteiger partial charge in [0.1, 0.15) is 0 Å². The van der Waals surface area contributed by atoms with Gasteiger partial charge in [-0.2, -0.15) is 0 Å². The van der Waals surface area contributed by atoms with E-state index < -0.39 is 5.41 Å². The van der Waals surface area contributed by atoms with Crippen molar-refractivity contribution in [2.45, 2.75) is 102 Å². The number of hydrogen-bond acceptors (Lipinski definition) is 2. The molecule has 3 aromatic rings. The van der Waals surface area contributed by atoms with Gasteiger partial charge in [0, 0.05) is 37.8 Å². The zero-order chi connectivity index (χ0) is 34.2. The second kappa shape index (κ2) is 21.0. The fraction of sp³-hybridized carbons (Fsp3) is 0.545. The van der Waals surface area contributed by atoms with Crippen LogP contribution in [0.1, 0.15) is 114 Å². The summed E-state index contributed by atoms with van der Waals surface area (Å²) in [6.07, 6.45) is 16.0. The molecule has 50 heavy (non-hydrogen) atoms. The molecule has 2 fully saturated rings. The number of unbranched alkanes of at least 4 members (excludes halogenated alkanes) is 2. The number of piperidine rings is 1. The fourth-order valence-electron chi connectivity index (χ4n) is 8.90. The maximum atomic E-state index is 13.6. The first-order valence-electron chi connectivity index (χ1n) is 19.6. The first-order valence-corrected chi connectivity index (χ1v) is 19.6. The number of quaternary nitrogens is 1. The van der Waals surface area contributed by atoms with Crippen LogP contribution in [0.4, 0.5) is 0 Å². The van der Waals surface area contributed by atoms with Crippen molar-refractivity contribution in [3.05, 3.63) is 108 Å². The Morgan fingerprint density at radius 2 is 1.20 bits per heavy atom. The second-order valence-corrected chi connectivity index (χ2v) is 15.1. The minimum absolute atomic E-state index is 0. The predicted molar refractivity (Wildman–Crippen MR) is 202 cm³/mol. The van der Waals surface area contributed by atoms with Gasteiger partial charge >= 0.3 is 0 Å². The Kier molecular flexibility index (Phi) is 16.8. The van der Waals surface area contributed by atoms with Crippen LogP contribution < -0.4 is 34.6 Å². The highest BCUT2D eigenvalue weighted by Gasteiger charge is 2.39. The van der Waals surface area contributed by atoms with Crippen molar-refractivity contribution in [1.82, 2.24) is 10.6 Å². The molecule has 0 spiro atoms. The molecule has 2 unspecified atom stereocenters. The Balaban J connectivity index is 0.00000562. The van der Waals surface area contributed by atoms with E-state index in [9.17, 15) is 9.59 Å². The van der Waals surface area contributed by atoms with Crippen LogP contribution in [0.2, 0.25) is 0 Å². The summed E-state index contributed by atoms with van der Waals surface area (Å²) in [7, 11) is 0. The zero-order valence-electron chi connectivity index (χ0n) is 30.6. The van der Waals surface area contributed by atoms with Crippen LogP contribution >= 0.6 is 0 Å². The molecular weight excluding hydrogens is 729 g/mol. The highest BCUT2D eigenvalue weighted by Crippen LogP contribution is 2.42. The average Bonchev–Trinajstić information content (AvgIpc) is 3.13. The normalized spacial score (nSPS) is 20.1. The highest BCUT2D eigenvalue weighted by atomic mass is 127. The molecule has 0 bridgehead atoms. The lowest BCUT2D eigenvalue weighted by Gasteiger charge is -2.46. The molecule has 2 aliphatic rings. The third-order valence-electron chi connectivity index (χ3n) is 11.6. The highest BCUT2D eigenvalue weighted by molar-refractivity contribution is 5.80. The summed E-state index contributed by atoms with van der Waals surface area (Å²) < 4.78 is 1.26. The number of likely N-dealkylation sites (tertiary alicyclic amines) is 1. The van der Waals surface area contributed by atoms with Gasteiger partial charge in [0.25, 0.3) is 0 Å². The van der Waals surface area contributed by atoms with Gasteiger partial charge in [0.15, 0.2) is 0 Å². The molecule has 5 rings (SSSR count). The molecule has 1 saturated carbocycles. The summed E-state index contributed by atoms with van der Waals surface area (Å²) in [5.74, 6) is 1.70. The van der Waals surface area contributed by atoms with Gasteiger partial charge in [0.2, 0.25) is 11.8 Å². The fourth-order valence-corrected chi connectivity index (χ4v) is 8.90. The van der Waals surface area contributed by atoms with Crippen molar-refractivity contribution in [3.63, 3.8) is 0 Å². The summed E-state index contributed by atoms with van der Waals surface area (Å²) in [6, 6.07) is 31.2. The summed E-state index contributed by atoms with van der Waals surface area (Å²) >= 11 is 0. The van der Waals surface area contributed by atoms with Crippen LogP contribution in [0.25, 0.3) is 0 Å². The van der Waals surface area contributed by atoms with Gasteiger partial charge in [-0.15, -0.1) is 0 Å². The van der Waals surface area contributed by atoms with Crippen LogP contribution in [0.15, 0.2) is 91.0 Å². The summed E-state index contributed by atoms with van der Waals surface area (Å²) in [4.78, 5) is 26.4. The van der Waals surface area contributed by atoms with Gasteiger partial charge in [-0.3, -0.25) is 9.59 Å². The van der Waals surface area contributed by atoms with Crippen LogP contribution in [-0.4, -0.2) is 55.6 Å². The monoisotopic (exact) mass is 791 g/mol. The summed E-state index contributed by atoms with van der Waals surface area (Å²) in [5, 5.41) is 6.51. The van der Waals surface area contributed by atoms with E-state index in [4.69, 9.17) is 0 Å². The molecule has 6 heteroatoms. The lowest BCUT2D eigenvalue weighted by Crippen LogP contribution is -3.00. The Hall–Kier alpha value is -2.71. The number of hydrogen-bond donors (Lipinski definition) is 2. The first kappa shape index (κ1) is 40.1. The van der Waals surface area contributed by atoms with Gasteiger partial charge in [-0.1, -0.05) is 130 Å².